The fraction of sp³-hybridized carbons (Fsp3) is 0.273. The first-order chi connectivity index (χ1) is 12.8. The predicted molar refractivity (Wildman–Crippen MR) is 117 cm³/mol. The molecule has 0 atom stereocenters. The summed E-state index contributed by atoms with van der Waals surface area (Å²) in [5.41, 5.74) is 3.25. The lowest BCUT2D eigenvalue weighted by atomic mass is 10.1. The monoisotopic (exact) mass is 494 g/mol. The van der Waals surface area contributed by atoms with E-state index in [0.717, 1.165) is 26.5 Å². The van der Waals surface area contributed by atoms with Gasteiger partial charge in [-0.3, -0.25) is 4.79 Å². The van der Waals surface area contributed by atoms with Crippen molar-refractivity contribution in [2.24, 2.45) is 0 Å². The third kappa shape index (κ3) is 10.9. The molecule has 5 heteroatoms. The van der Waals surface area contributed by atoms with Crippen LogP contribution in [0.5, 0.6) is 0 Å². The van der Waals surface area contributed by atoms with E-state index in [1.54, 1.807) is 19.9 Å². The Bertz CT molecular complexity index is 763. The number of hydrogen-bond donors (Lipinski definition) is 0. The first kappa shape index (κ1) is 23.3. The molecule has 0 spiro atoms. The third-order valence-electron chi connectivity index (χ3n) is 3.41. The molecular formula is C22H24Br2O3. The van der Waals surface area contributed by atoms with E-state index < -0.39 is 0 Å². The highest BCUT2D eigenvalue weighted by atomic mass is 79.9. The van der Waals surface area contributed by atoms with Crippen LogP contribution in [0.15, 0.2) is 69.1 Å². The normalized spacial score (nSPS) is 10.6. The molecule has 0 aliphatic heterocycles. The van der Waals surface area contributed by atoms with Gasteiger partial charge in [0.2, 0.25) is 0 Å². The van der Waals surface area contributed by atoms with Gasteiger partial charge in [0, 0.05) is 21.4 Å². The van der Waals surface area contributed by atoms with E-state index in [4.69, 9.17) is 4.74 Å². The van der Waals surface area contributed by atoms with Crippen molar-refractivity contribution in [3.63, 3.8) is 0 Å². The van der Waals surface area contributed by atoms with E-state index in [0.29, 0.717) is 13.0 Å². The van der Waals surface area contributed by atoms with Crippen molar-refractivity contribution in [1.29, 1.82) is 0 Å². The van der Waals surface area contributed by atoms with E-state index in [-0.39, 0.29) is 11.8 Å². The van der Waals surface area contributed by atoms with E-state index in [1.165, 1.54) is 5.56 Å². The van der Waals surface area contributed by atoms with Crippen molar-refractivity contribution in [3.05, 3.63) is 80.3 Å². The maximum Gasteiger partial charge on any atom is 0.330 e. The largest absolute Gasteiger partial charge is 0.463 e. The van der Waals surface area contributed by atoms with E-state index in [1.807, 2.05) is 55.5 Å². The first-order valence-electron chi connectivity index (χ1n) is 8.62. The topological polar surface area (TPSA) is 43.4 Å². The number of allylic oxidation sites excluding steroid dienone is 1. The maximum absolute atomic E-state index is 11.2. The Morgan fingerprint density at radius 1 is 0.852 bits per heavy atom. The van der Waals surface area contributed by atoms with Crippen molar-refractivity contribution >= 4 is 43.6 Å². The molecule has 0 aromatic heterocycles. The van der Waals surface area contributed by atoms with Crippen LogP contribution >= 0.6 is 31.9 Å². The molecule has 2 aromatic rings. The molecule has 27 heavy (non-hydrogen) atoms. The average Bonchev–Trinajstić information content (AvgIpc) is 2.59. The molecule has 0 N–H and O–H groups in total. The van der Waals surface area contributed by atoms with Gasteiger partial charge >= 0.3 is 5.97 Å². The summed E-state index contributed by atoms with van der Waals surface area (Å²) in [6.45, 7) is 5.75. The highest BCUT2D eigenvalue weighted by Gasteiger charge is 2.00. The van der Waals surface area contributed by atoms with Gasteiger partial charge in [0.25, 0.3) is 0 Å². The summed E-state index contributed by atoms with van der Waals surface area (Å²) in [4.78, 5) is 21.9. The molecule has 2 rings (SSSR count). The minimum atomic E-state index is -0.267. The minimum absolute atomic E-state index is 0.201. The molecule has 0 aliphatic rings. The van der Waals surface area contributed by atoms with Crippen molar-refractivity contribution in [2.45, 2.75) is 33.6 Å². The van der Waals surface area contributed by atoms with Gasteiger partial charge in [-0.25, -0.2) is 4.79 Å². The number of hydrogen-bond acceptors (Lipinski definition) is 3. The Morgan fingerprint density at radius 3 is 1.70 bits per heavy atom. The van der Waals surface area contributed by atoms with Gasteiger partial charge in [-0.1, -0.05) is 61.7 Å². The van der Waals surface area contributed by atoms with Gasteiger partial charge in [-0.05, 0) is 62.6 Å². The molecule has 0 unspecified atom stereocenters. The molecule has 0 amide bonds. The minimum Gasteiger partial charge on any atom is -0.463 e. The molecule has 0 radical (unpaired) electrons. The van der Waals surface area contributed by atoms with Crippen LogP contribution in [0.2, 0.25) is 0 Å². The molecule has 3 nitrogen and oxygen atoms in total. The number of carbonyl (C=O) groups is 2. The second-order valence-corrected chi connectivity index (χ2v) is 7.88. The summed E-state index contributed by atoms with van der Waals surface area (Å²) in [5, 5.41) is 0. The van der Waals surface area contributed by atoms with E-state index >= 15 is 0 Å². The van der Waals surface area contributed by atoms with Crippen LogP contribution in [0, 0.1) is 0 Å². The average molecular weight is 496 g/mol. The molecule has 0 saturated heterocycles. The van der Waals surface area contributed by atoms with Gasteiger partial charge < -0.3 is 4.74 Å². The fourth-order valence-electron chi connectivity index (χ4n) is 2.25. The molecule has 2 aromatic carbocycles. The molecule has 0 bridgehead atoms. The molecule has 144 valence electrons. The summed E-state index contributed by atoms with van der Waals surface area (Å²) >= 11 is 6.71. The Hall–Kier alpha value is -1.72. The standard InChI is InChI=1S/C13H15BrO2.C9H9BrO/c1-3-16-13(15)9-10(2)8-11-4-6-12(14)7-5-11;1-7(11)6-8-2-4-9(10)5-3-8/h4-7,9H,3,8H2,1-2H3;2-5H,6H2,1H3/b10-9+;. The number of esters is 1. The highest BCUT2D eigenvalue weighted by molar-refractivity contribution is 9.10. The molecular weight excluding hydrogens is 472 g/mol. The Morgan fingerprint density at radius 2 is 1.30 bits per heavy atom. The molecule has 0 aliphatic carbocycles. The van der Waals surface area contributed by atoms with Crippen LogP contribution in [-0.2, 0) is 27.2 Å². The Balaban J connectivity index is 0.000000289. The maximum atomic E-state index is 11.2. The van der Waals surface area contributed by atoms with Gasteiger partial charge in [-0.15, -0.1) is 0 Å². The van der Waals surface area contributed by atoms with Crippen LogP contribution in [0.4, 0.5) is 0 Å². The number of ketones is 1. The quantitative estimate of drug-likeness (QED) is 0.360. The van der Waals surface area contributed by atoms with Crippen molar-refractivity contribution in [2.75, 3.05) is 6.61 Å². The SMILES string of the molecule is CC(=O)Cc1ccc(Br)cc1.CCOC(=O)/C=C(\C)Cc1ccc(Br)cc1. The lowest BCUT2D eigenvalue weighted by molar-refractivity contribution is -0.137. The van der Waals surface area contributed by atoms with Gasteiger partial charge in [0.05, 0.1) is 6.61 Å². The molecule has 0 heterocycles. The smallest absolute Gasteiger partial charge is 0.330 e. The van der Waals surface area contributed by atoms with E-state index in [2.05, 4.69) is 31.9 Å². The van der Waals surface area contributed by atoms with Gasteiger partial charge in [0.15, 0.2) is 0 Å². The number of benzene rings is 2. The summed E-state index contributed by atoms with van der Waals surface area (Å²) in [6.07, 6.45) is 2.85. The van der Waals surface area contributed by atoms with Crippen LogP contribution < -0.4 is 0 Å². The first-order valence-corrected chi connectivity index (χ1v) is 10.2. The zero-order valence-electron chi connectivity index (χ0n) is 15.8. The van der Waals surface area contributed by atoms with Gasteiger partial charge in [-0.2, -0.15) is 0 Å². The molecule has 0 saturated carbocycles. The van der Waals surface area contributed by atoms with Crippen LogP contribution in [0.1, 0.15) is 31.9 Å². The van der Waals surface area contributed by atoms with Crippen LogP contribution in [0.25, 0.3) is 0 Å². The van der Waals surface area contributed by atoms with Crippen molar-refractivity contribution in [1.82, 2.24) is 0 Å². The second kappa shape index (κ2) is 12.6. The number of halogens is 2. The predicted octanol–water partition coefficient (Wildman–Crippen LogP) is 6.08. The summed E-state index contributed by atoms with van der Waals surface area (Å²) < 4.78 is 6.95. The Labute approximate surface area is 178 Å². The second-order valence-electron chi connectivity index (χ2n) is 6.05. The van der Waals surface area contributed by atoms with Crippen molar-refractivity contribution in [3.8, 4) is 0 Å². The zero-order chi connectivity index (χ0) is 20.2. The summed E-state index contributed by atoms with van der Waals surface area (Å²) in [5.74, 6) is -0.0653. The number of ether oxygens (including phenoxy) is 1. The summed E-state index contributed by atoms with van der Waals surface area (Å²) in [6, 6.07) is 15.8. The van der Waals surface area contributed by atoms with Crippen LogP contribution in [-0.4, -0.2) is 18.4 Å². The lowest BCUT2D eigenvalue weighted by Gasteiger charge is -2.02. The molecule has 0 fully saturated rings. The van der Waals surface area contributed by atoms with Gasteiger partial charge in [0.1, 0.15) is 5.78 Å². The fourth-order valence-corrected chi connectivity index (χ4v) is 2.78. The third-order valence-corrected chi connectivity index (χ3v) is 4.47. The Kier molecular flexibility index (Phi) is 10.9. The zero-order valence-corrected chi connectivity index (χ0v) is 19.0. The summed E-state index contributed by atoms with van der Waals surface area (Å²) in [7, 11) is 0. The van der Waals surface area contributed by atoms with Crippen LogP contribution in [0.3, 0.4) is 0 Å². The number of rotatable bonds is 6. The number of carbonyl (C=O) groups excluding carboxylic acids is 2. The lowest BCUT2D eigenvalue weighted by Crippen LogP contribution is -2.01. The number of Topliss-reactive ketones (excluding diaryl/α,β-unsaturated/α-hetero) is 1. The highest BCUT2D eigenvalue weighted by Crippen LogP contribution is 2.13. The van der Waals surface area contributed by atoms with Crippen molar-refractivity contribution < 1.29 is 14.3 Å². The van der Waals surface area contributed by atoms with E-state index in [9.17, 15) is 9.59 Å².